The van der Waals surface area contributed by atoms with E-state index in [0.717, 1.165) is 13.1 Å². The Morgan fingerprint density at radius 2 is 1.86 bits per heavy atom. The van der Waals surface area contributed by atoms with Crippen molar-refractivity contribution in [3.8, 4) is 0 Å². The van der Waals surface area contributed by atoms with Gasteiger partial charge in [-0.15, -0.1) is 0 Å². The Balaban J connectivity index is 2.12. The number of nitrogens with one attached hydrogen (secondary N) is 2. The van der Waals surface area contributed by atoms with E-state index >= 15 is 0 Å². The summed E-state index contributed by atoms with van der Waals surface area (Å²) < 4.78 is 0. The summed E-state index contributed by atoms with van der Waals surface area (Å²) in [4.78, 5) is 0. The van der Waals surface area contributed by atoms with Crippen molar-refractivity contribution >= 4 is 0 Å². The van der Waals surface area contributed by atoms with Gasteiger partial charge in [-0.2, -0.15) is 0 Å². The zero-order valence-corrected chi connectivity index (χ0v) is 4.20. The molecule has 1 aliphatic heterocycles. The minimum atomic E-state index is 0.714. The average molecular weight is 100 g/mol. The van der Waals surface area contributed by atoms with Crippen molar-refractivity contribution < 1.29 is 0 Å². The van der Waals surface area contributed by atoms with E-state index in [2.05, 4.69) is 10.6 Å². The largest absolute Gasteiger partial charge is 0.297 e. The van der Waals surface area contributed by atoms with E-state index in [9.17, 15) is 0 Å². The van der Waals surface area contributed by atoms with Crippen LogP contribution in [0.3, 0.4) is 0 Å². The van der Waals surface area contributed by atoms with E-state index in [0.29, 0.717) is 6.29 Å². The van der Waals surface area contributed by atoms with Crippen LogP contribution in [0.15, 0.2) is 0 Å². The van der Waals surface area contributed by atoms with E-state index in [1.807, 2.05) is 0 Å². The Labute approximate surface area is 43.3 Å². The second-order valence-corrected chi connectivity index (χ2v) is 1.62. The number of rotatable bonds is 0. The lowest BCUT2D eigenvalue weighted by molar-refractivity contribution is 0.484. The molecule has 0 amide bonds. The molecule has 1 rings (SSSR count). The van der Waals surface area contributed by atoms with Gasteiger partial charge in [-0.3, -0.25) is 16.4 Å². The summed E-state index contributed by atoms with van der Waals surface area (Å²) in [7, 11) is 0. The molecule has 0 atom stereocenters. The number of hydrogen-bond acceptors (Lipinski definition) is 3. The maximum Gasteiger partial charge on any atom is 0.168 e. The first-order valence-corrected chi connectivity index (χ1v) is 2.50. The molecule has 0 aromatic heterocycles. The second kappa shape index (κ2) is 2.26. The predicted octanol–water partition coefficient (Wildman–Crippen LogP) is -1.03. The van der Waals surface area contributed by atoms with Gasteiger partial charge in [-0.05, 0) is 19.5 Å². The highest BCUT2D eigenvalue weighted by Crippen LogP contribution is 1.85. The van der Waals surface area contributed by atoms with Crippen molar-refractivity contribution in [2.45, 2.75) is 6.42 Å². The van der Waals surface area contributed by atoms with Gasteiger partial charge in [0.1, 0.15) is 0 Å². The van der Waals surface area contributed by atoms with E-state index in [-0.39, 0.29) is 0 Å². The molecule has 3 nitrogen and oxygen atoms in total. The molecule has 0 spiro atoms. The summed E-state index contributed by atoms with van der Waals surface area (Å²) in [5, 5.41) is 5.93. The third-order valence-electron chi connectivity index (χ3n) is 0.984. The van der Waals surface area contributed by atoms with Crippen LogP contribution in [0.25, 0.3) is 0 Å². The van der Waals surface area contributed by atoms with Crippen molar-refractivity contribution in [2.75, 3.05) is 13.1 Å². The van der Waals surface area contributed by atoms with Gasteiger partial charge in [0.25, 0.3) is 0 Å². The Hall–Kier alpha value is -0.120. The normalized spacial score (nSPS) is 25.3. The summed E-state index contributed by atoms with van der Waals surface area (Å²) in [5.74, 6) is 0. The first-order valence-electron chi connectivity index (χ1n) is 2.50. The Kier molecular flexibility index (Phi) is 1.62. The van der Waals surface area contributed by atoms with Crippen LogP contribution in [-0.4, -0.2) is 13.1 Å². The summed E-state index contributed by atoms with van der Waals surface area (Å²) in [6.45, 7) is 2.03. The van der Waals surface area contributed by atoms with Crippen LogP contribution in [0.1, 0.15) is 6.42 Å². The molecular formula is C4H10N3. The fraction of sp³-hybridized carbons (Fsp3) is 0.750. The second-order valence-electron chi connectivity index (χ2n) is 1.62. The monoisotopic (exact) mass is 100 g/mol. The third kappa shape index (κ3) is 1.43. The zero-order chi connectivity index (χ0) is 5.11. The van der Waals surface area contributed by atoms with Crippen LogP contribution in [0, 0.1) is 6.29 Å². The standard InChI is InChI=1S/C4H10N3/c5-4-6-2-1-3-7-4/h6-7H,1-3,5H2. The quantitative estimate of drug-likeness (QED) is 0.365. The molecule has 0 bridgehead atoms. The van der Waals surface area contributed by atoms with E-state index in [1.165, 1.54) is 6.42 Å². The van der Waals surface area contributed by atoms with E-state index in [4.69, 9.17) is 5.73 Å². The smallest absolute Gasteiger partial charge is 0.168 e. The first kappa shape index (κ1) is 5.03. The van der Waals surface area contributed by atoms with Crippen LogP contribution >= 0.6 is 0 Å². The fourth-order valence-corrected chi connectivity index (χ4v) is 0.597. The molecule has 7 heavy (non-hydrogen) atoms. The van der Waals surface area contributed by atoms with Crippen LogP contribution in [0.2, 0.25) is 0 Å². The highest BCUT2D eigenvalue weighted by atomic mass is 15.2. The topological polar surface area (TPSA) is 50.1 Å². The van der Waals surface area contributed by atoms with Crippen molar-refractivity contribution in [3.05, 3.63) is 6.29 Å². The lowest BCUT2D eigenvalue weighted by Crippen LogP contribution is -2.46. The van der Waals surface area contributed by atoms with Crippen molar-refractivity contribution in [1.29, 1.82) is 0 Å². The highest BCUT2D eigenvalue weighted by molar-refractivity contribution is 4.79. The van der Waals surface area contributed by atoms with E-state index in [1.54, 1.807) is 0 Å². The Bertz CT molecular complexity index is 48.9. The molecule has 1 fully saturated rings. The SMILES string of the molecule is N[C]1NCCCN1. The van der Waals surface area contributed by atoms with Crippen LogP contribution in [-0.2, 0) is 0 Å². The van der Waals surface area contributed by atoms with Gasteiger partial charge in [0.05, 0.1) is 0 Å². The maximum absolute atomic E-state index is 5.33. The Morgan fingerprint density at radius 3 is 2.14 bits per heavy atom. The lowest BCUT2D eigenvalue weighted by atomic mass is 10.4. The summed E-state index contributed by atoms with van der Waals surface area (Å²) >= 11 is 0. The highest BCUT2D eigenvalue weighted by Gasteiger charge is 2.04. The minimum Gasteiger partial charge on any atom is -0.297 e. The molecule has 3 heteroatoms. The molecule has 1 radical (unpaired) electrons. The summed E-state index contributed by atoms with van der Waals surface area (Å²) in [5.41, 5.74) is 5.33. The number of nitrogens with two attached hydrogens (primary N) is 1. The summed E-state index contributed by atoms with van der Waals surface area (Å²) in [6, 6.07) is 0. The fourth-order valence-electron chi connectivity index (χ4n) is 0.597. The van der Waals surface area contributed by atoms with Crippen LogP contribution in [0.4, 0.5) is 0 Å². The van der Waals surface area contributed by atoms with Gasteiger partial charge in [0.15, 0.2) is 6.29 Å². The molecule has 1 aliphatic rings. The minimum absolute atomic E-state index is 0.714. The van der Waals surface area contributed by atoms with Gasteiger partial charge in [0, 0.05) is 0 Å². The van der Waals surface area contributed by atoms with Crippen LogP contribution < -0.4 is 16.4 Å². The first-order chi connectivity index (χ1) is 3.39. The molecule has 41 valence electrons. The maximum atomic E-state index is 5.33. The molecule has 1 heterocycles. The molecular weight excluding hydrogens is 90.1 g/mol. The molecule has 0 aromatic carbocycles. The van der Waals surface area contributed by atoms with Gasteiger partial charge >= 0.3 is 0 Å². The van der Waals surface area contributed by atoms with Crippen molar-refractivity contribution in [1.82, 2.24) is 10.6 Å². The Morgan fingerprint density at radius 1 is 1.29 bits per heavy atom. The molecule has 0 unspecified atom stereocenters. The lowest BCUT2D eigenvalue weighted by Gasteiger charge is -2.18. The average Bonchev–Trinajstić information content (AvgIpc) is 1.69. The third-order valence-corrected chi connectivity index (χ3v) is 0.984. The van der Waals surface area contributed by atoms with Crippen molar-refractivity contribution in [2.24, 2.45) is 5.73 Å². The van der Waals surface area contributed by atoms with Crippen molar-refractivity contribution in [3.63, 3.8) is 0 Å². The zero-order valence-electron chi connectivity index (χ0n) is 4.20. The predicted molar refractivity (Wildman–Crippen MR) is 28.1 cm³/mol. The van der Waals surface area contributed by atoms with E-state index < -0.39 is 0 Å². The molecule has 4 N–H and O–H groups in total. The van der Waals surface area contributed by atoms with Crippen LogP contribution in [0.5, 0.6) is 0 Å². The summed E-state index contributed by atoms with van der Waals surface area (Å²) in [6.07, 6.45) is 1.88. The van der Waals surface area contributed by atoms with Gasteiger partial charge in [-0.25, -0.2) is 0 Å². The molecule has 0 aliphatic carbocycles. The molecule has 1 saturated heterocycles. The van der Waals surface area contributed by atoms with Gasteiger partial charge in [-0.1, -0.05) is 0 Å². The number of hydrogen-bond donors (Lipinski definition) is 3. The van der Waals surface area contributed by atoms with Gasteiger partial charge in [0.2, 0.25) is 0 Å². The van der Waals surface area contributed by atoms with Gasteiger partial charge < -0.3 is 0 Å². The molecule has 0 saturated carbocycles. The molecule has 0 aromatic rings.